The van der Waals surface area contributed by atoms with Crippen LogP contribution in [0, 0.1) is 0 Å². The van der Waals surface area contributed by atoms with E-state index < -0.39 is 6.10 Å². The number of unbranched alkanes of at least 4 members (excludes halogenated alkanes) is 21. The van der Waals surface area contributed by atoms with Crippen LogP contribution in [0.4, 0.5) is 0 Å². The first-order valence-corrected chi connectivity index (χ1v) is 30.7. The lowest BCUT2D eigenvalue weighted by Crippen LogP contribution is -2.30. The molecule has 0 aliphatic rings. The molecule has 0 N–H and O–H groups in total. The van der Waals surface area contributed by atoms with Crippen LogP contribution in [0.15, 0.2) is 134 Å². The molecule has 0 saturated heterocycles. The van der Waals surface area contributed by atoms with Gasteiger partial charge in [0.15, 0.2) is 6.10 Å². The van der Waals surface area contributed by atoms with Crippen LogP contribution >= 0.6 is 0 Å². The van der Waals surface area contributed by atoms with E-state index >= 15 is 0 Å². The molecule has 0 rings (SSSR count). The number of allylic oxidation sites excluding steroid dienone is 22. The van der Waals surface area contributed by atoms with Crippen molar-refractivity contribution in [3.63, 3.8) is 0 Å². The van der Waals surface area contributed by atoms with Gasteiger partial charge in [0.1, 0.15) is 13.2 Å². The van der Waals surface area contributed by atoms with Gasteiger partial charge < -0.3 is 14.2 Å². The van der Waals surface area contributed by atoms with E-state index in [9.17, 15) is 14.4 Å². The highest BCUT2D eigenvalue weighted by Gasteiger charge is 2.19. The molecule has 6 nitrogen and oxygen atoms in total. The molecule has 0 fully saturated rings. The first-order chi connectivity index (χ1) is 37.0. The maximum Gasteiger partial charge on any atom is 0.306 e. The fraction of sp³-hybridized carbons (Fsp3) is 0.638. The number of rotatable bonds is 54. The molecule has 0 aromatic carbocycles. The Labute approximate surface area is 462 Å². The average Bonchev–Trinajstić information content (AvgIpc) is 3.41. The van der Waals surface area contributed by atoms with Crippen molar-refractivity contribution in [3.8, 4) is 0 Å². The summed E-state index contributed by atoms with van der Waals surface area (Å²) >= 11 is 0. The predicted molar refractivity (Wildman–Crippen MR) is 325 cm³/mol. The van der Waals surface area contributed by atoms with Crippen LogP contribution < -0.4 is 0 Å². The number of carbonyl (C=O) groups excluding carboxylic acids is 3. The van der Waals surface area contributed by atoms with Gasteiger partial charge >= 0.3 is 17.9 Å². The van der Waals surface area contributed by atoms with E-state index in [0.717, 1.165) is 135 Å². The minimum Gasteiger partial charge on any atom is -0.462 e. The van der Waals surface area contributed by atoms with Gasteiger partial charge in [-0.2, -0.15) is 0 Å². The van der Waals surface area contributed by atoms with Crippen LogP contribution in [0.2, 0.25) is 0 Å². The van der Waals surface area contributed by atoms with Crippen molar-refractivity contribution in [1.29, 1.82) is 0 Å². The number of esters is 3. The molecular formula is C69H112O6. The molecule has 0 bridgehead atoms. The van der Waals surface area contributed by atoms with E-state index in [1.54, 1.807) is 0 Å². The average molecular weight is 1040 g/mol. The maximum atomic E-state index is 12.9. The number of hydrogen-bond donors (Lipinski definition) is 0. The van der Waals surface area contributed by atoms with Crippen molar-refractivity contribution in [3.05, 3.63) is 134 Å². The summed E-state index contributed by atoms with van der Waals surface area (Å²) in [5.74, 6) is -0.964. The summed E-state index contributed by atoms with van der Waals surface area (Å²) < 4.78 is 16.9. The minimum atomic E-state index is -0.810. The molecule has 0 aromatic heterocycles. The van der Waals surface area contributed by atoms with Crippen molar-refractivity contribution in [2.45, 2.75) is 271 Å². The summed E-state index contributed by atoms with van der Waals surface area (Å²) in [5.41, 5.74) is 0. The van der Waals surface area contributed by atoms with Crippen molar-refractivity contribution < 1.29 is 28.6 Å². The Morgan fingerprint density at radius 2 is 0.520 bits per heavy atom. The van der Waals surface area contributed by atoms with Gasteiger partial charge in [-0.15, -0.1) is 0 Å². The summed E-state index contributed by atoms with van der Waals surface area (Å²) in [7, 11) is 0. The van der Waals surface area contributed by atoms with Crippen molar-refractivity contribution >= 4 is 17.9 Å². The quantitative estimate of drug-likeness (QED) is 0.0261. The highest BCUT2D eigenvalue weighted by molar-refractivity contribution is 5.71. The first kappa shape index (κ1) is 70.5. The molecule has 6 heteroatoms. The monoisotopic (exact) mass is 1040 g/mol. The summed E-state index contributed by atoms with van der Waals surface area (Å²) in [6.45, 7) is 6.36. The third-order valence-corrected chi connectivity index (χ3v) is 12.6. The van der Waals surface area contributed by atoms with Gasteiger partial charge in [-0.25, -0.2) is 0 Å². The van der Waals surface area contributed by atoms with E-state index in [1.165, 1.54) is 83.5 Å². The molecule has 1 atom stereocenters. The number of ether oxygens (including phenoxy) is 3. The standard InChI is InChI=1S/C69H112O6/c1-4-7-10-13-16-19-22-25-28-30-32-34-36-38-41-44-47-50-53-56-59-62-68(71)74-65-66(64-73-67(70)61-58-55-52-49-46-43-40-27-24-21-18-15-12-9-6-3)75-69(72)63-60-57-54-51-48-45-42-39-37-35-33-31-29-26-23-20-17-14-11-8-5-2/h7-8,10-11,16-17,19-20,25-29,32-35,38,40-41,47,50,66H,4-6,9,12-15,18,21-24,30-31,36-37,39,42-46,48-49,51-65H2,1-3H3/b10-7-,11-8-,19-16-,20-17-,28-25-,29-26-,34-32-,35-33-,40-27-,41-38-,50-47-. The lowest BCUT2D eigenvalue weighted by atomic mass is 10.1. The van der Waals surface area contributed by atoms with Gasteiger partial charge in [0.25, 0.3) is 0 Å². The number of hydrogen-bond acceptors (Lipinski definition) is 6. The lowest BCUT2D eigenvalue weighted by Gasteiger charge is -2.18. The zero-order valence-electron chi connectivity index (χ0n) is 48.5. The largest absolute Gasteiger partial charge is 0.462 e. The smallest absolute Gasteiger partial charge is 0.306 e. The second-order valence-corrected chi connectivity index (χ2v) is 19.8. The molecule has 0 aromatic rings. The normalized spacial score (nSPS) is 13.1. The Bertz CT molecular complexity index is 1620. The summed E-state index contributed by atoms with van der Waals surface area (Å²) in [4.78, 5) is 38.3. The van der Waals surface area contributed by atoms with E-state index in [0.29, 0.717) is 25.7 Å². The second-order valence-electron chi connectivity index (χ2n) is 19.8. The lowest BCUT2D eigenvalue weighted by molar-refractivity contribution is -0.167. The van der Waals surface area contributed by atoms with Gasteiger partial charge in [-0.3, -0.25) is 14.4 Å². The molecule has 424 valence electrons. The summed E-state index contributed by atoms with van der Waals surface area (Å²) in [6.07, 6.45) is 87.3. The SMILES string of the molecule is CC/C=C\C/C=C\C/C=C\C/C=C\C/C=C\C/C=C\CCCCC(=O)OCC(COC(=O)CCCCCCC/C=C\CCCCCCCC)OC(=O)CCCCCCCCCC/C=C\C/C=C\C/C=C\C/C=C\CC. The molecule has 0 spiro atoms. The van der Waals surface area contributed by atoms with Crippen LogP contribution in [0.25, 0.3) is 0 Å². The third-order valence-electron chi connectivity index (χ3n) is 12.6. The van der Waals surface area contributed by atoms with E-state index in [1.807, 2.05) is 0 Å². The highest BCUT2D eigenvalue weighted by Crippen LogP contribution is 2.14. The van der Waals surface area contributed by atoms with Gasteiger partial charge in [0.2, 0.25) is 0 Å². The molecule has 0 amide bonds. The van der Waals surface area contributed by atoms with Gasteiger partial charge in [0.05, 0.1) is 0 Å². The van der Waals surface area contributed by atoms with Crippen LogP contribution in [-0.2, 0) is 28.6 Å². The third kappa shape index (κ3) is 60.3. The fourth-order valence-electron chi connectivity index (χ4n) is 8.08. The molecule has 0 aliphatic heterocycles. The summed E-state index contributed by atoms with van der Waals surface area (Å²) in [6, 6.07) is 0. The van der Waals surface area contributed by atoms with Crippen LogP contribution in [0.3, 0.4) is 0 Å². The van der Waals surface area contributed by atoms with Crippen molar-refractivity contribution in [2.24, 2.45) is 0 Å². The van der Waals surface area contributed by atoms with E-state index in [2.05, 4.69) is 154 Å². The zero-order valence-corrected chi connectivity index (χ0v) is 48.5. The molecule has 1 unspecified atom stereocenters. The Kier molecular flexibility index (Phi) is 58.4. The Morgan fingerprint density at radius 1 is 0.280 bits per heavy atom. The first-order valence-electron chi connectivity index (χ1n) is 30.7. The zero-order chi connectivity index (χ0) is 54.3. The van der Waals surface area contributed by atoms with Crippen LogP contribution in [0.1, 0.15) is 265 Å². The van der Waals surface area contributed by atoms with E-state index in [4.69, 9.17) is 14.2 Å². The topological polar surface area (TPSA) is 78.9 Å². The van der Waals surface area contributed by atoms with Crippen LogP contribution in [0.5, 0.6) is 0 Å². The van der Waals surface area contributed by atoms with Crippen LogP contribution in [-0.4, -0.2) is 37.2 Å². The van der Waals surface area contributed by atoms with E-state index in [-0.39, 0.29) is 31.1 Å². The van der Waals surface area contributed by atoms with Gasteiger partial charge in [0, 0.05) is 19.3 Å². The fourth-order valence-corrected chi connectivity index (χ4v) is 8.08. The Morgan fingerprint density at radius 3 is 0.853 bits per heavy atom. The molecule has 0 saturated carbocycles. The highest BCUT2D eigenvalue weighted by atomic mass is 16.6. The van der Waals surface area contributed by atoms with Crippen molar-refractivity contribution in [2.75, 3.05) is 13.2 Å². The number of carbonyl (C=O) groups is 3. The predicted octanol–water partition coefficient (Wildman–Crippen LogP) is 21.0. The molecule has 0 radical (unpaired) electrons. The summed E-state index contributed by atoms with van der Waals surface area (Å²) in [5, 5.41) is 0. The molecular weight excluding hydrogens is 925 g/mol. The molecule has 75 heavy (non-hydrogen) atoms. The Balaban J connectivity index is 4.50. The second kappa shape index (κ2) is 62.1. The van der Waals surface area contributed by atoms with Gasteiger partial charge in [-0.05, 0) is 135 Å². The van der Waals surface area contributed by atoms with Gasteiger partial charge in [-0.1, -0.05) is 244 Å². The van der Waals surface area contributed by atoms with Crippen molar-refractivity contribution in [1.82, 2.24) is 0 Å². The maximum absolute atomic E-state index is 12.9. The molecule has 0 aliphatic carbocycles. The minimum absolute atomic E-state index is 0.103. The molecule has 0 heterocycles. The Hall–Kier alpha value is -4.45.